The van der Waals surface area contributed by atoms with Gasteiger partial charge in [-0.25, -0.2) is 0 Å². The number of nitrogens with zero attached hydrogens (tertiary/aromatic N) is 3. The number of aryl methyl sites for hydroxylation is 1. The second-order valence-electron chi connectivity index (χ2n) is 4.25. The molecule has 1 atom stereocenters. The molecule has 6 heteroatoms. The summed E-state index contributed by atoms with van der Waals surface area (Å²) >= 11 is 0. The Balaban J connectivity index is 2.82. The topological polar surface area (TPSA) is 75.4 Å². The minimum Gasteiger partial charge on any atom is -0.480 e. The molecular weight excluding hydrogens is 234 g/mol. The summed E-state index contributed by atoms with van der Waals surface area (Å²) in [5.41, 5.74) is 0.784. The first-order chi connectivity index (χ1) is 8.47. The lowest BCUT2D eigenvalue weighted by molar-refractivity contribution is -0.145. The second-order valence-corrected chi connectivity index (χ2v) is 4.25. The van der Waals surface area contributed by atoms with Gasteiger partial charge in [-0.2, -0.15) is 5.10 Å². The molecule has 1 N–H and O–H groups in total. The fourth-order valence-electron chi connectivity index (χ4n) is 1.91. The molecule has 100 valence electrons. The number of carboxylic acid groups (broad SMARTS) is 1. The van der Waals surface area contributed by atoms with Crippen molar-refractivity contribution in [2.24, 2.45) is 7.05 Å². The maximum atomic E-state index is 12.2. The van der Waals surface area contributed by atoms with Crippen molar-refractivity contribution in [1.29, 1.82) is 0 Å². The van der Waals surface area contributed by atoms with E-state index in [1.807, 2.05) is 6.92 Å². The summed E-state index contributed by atoms with van der Waals surface area (Å²) < 4.78 is 1.63. The van der Waals surface area contributed by atoms with Crippen molar-refractivity contribution < 1.29 is 14.7 Å². The quantitative estimate of drug-likeness (QED) is 0.815. The van der Waals surface area contributed by atoms with Crippen molar-refractivity contribution >= 4 is 11.9 Å². The molecule has 1 aromatic heterocycles. The van der Waals surface area contributed by atoms with Crippen LogP contribution in [0.2, 0.25) is 0 Å². The van der Waals surface area contributed by atoms with E-state index in [9.17, 15) is 9.59 Å². The molecule has 1 amide bonds. The van der Waals surface area contributed by atoms with E-state index in [1.54, 1.807) is 30.9 Å². The van der Waals surface area contributed by atoms with Gasteiger partial charge in [-0.1, -0.05) is 6.92 Å². The van der Waals surface area contributed by atoms with Gasteiger partial charge in [-0.05, 0) is 19.4 Å². The summed E-state index contributed by atoms with van der Waals surface area (Å²) in [6.45, 7) is 3.88. The lowest BCUT2D eigenvalue weighted by atomic mass is 10.1. The smallest absolute Gasteiger partial charge is 0.323 e. The summed E-state index contributed by atoms with van der Waals surface area (Å²) in [6, 6.07) is 1.77. The minimum atomic E-state index is -0.992. The van der Waals surface area contributed by atoms with Crippen LogP contribution in [-0.4, -0.2) is 44.8 Å². The van der Waals surface area contributed by atoms with E-state index in [0.29, 0.717) is 6.54 Å². The van der Waals surface area contributed by atoms with Gasteiger partial charge in [0, 0.05) is 19.8 Å². The molecule has 0 aliphatic carbocycles. The average molecular weight is 253 g/mol. The lowest BCUT2D eigenvalue weighted by Crippen LogP contribution is -2.39. The van der Waals surface area contributed by atoms with Gasteiger partial charge in [0.1, 0.15) is 6.54 Å². The molecule has 1 heterocycles. The Bertz CT molecular complexity index is 428. The third kappa shape index (κ3) is 3.32. The van der Waals surface area contributed by atoms with E-state index in [4.69, 9.17) is 5.11 Å². The molecule has 0 saturated carbocycles. The van der Waals surface area contributed by atoms with Crippen molar-refractivity contribution in [1.82, 2.24) is 14.7 Å². The summed E-state index contributed by atoms with van der Waals surface area (Å²) in [7, 11) is 1.76. The summed E-state index contributed by atoms with van der Waals surface area (Å²) in [6.07, 6.45) is 2.36. The van der Waals surface area contributed by atoms with Gasteiger partial charge in [-0.3, -0.25) is 14.3 Å². The van der Waals surface area contributed by atoms with Gasteiger partial charge in [-0.15, -0.1) is 0 Å². The molecule has 1 unspecified atom stereocenters. The number of hydrogen-bond donors (Lipinski definition) is 1. The van der Waals surface area contributed by atoms with Crippen LogP contribution in [0.5, 0.6) is 0 Å². The molecular formula is C12H19N3O3. The first-order valence-corrected chi connectivity index (χ1v) is 5.95. The molecule has 1 rings (SSSR count). The number of aliphatic carboxylic acids is 1. The third-order valence-electron chi connectivity index (χ3n) is 2.80. The van der Waals surface area contributed by atoms with Crippen molar-refractivity contribution in [2.45, 2.75) is 26.2 Å². The van der Waals surface area contributed by atoms with E-state index in [1.165, 1.54) is 4.90 Å². The van der Waals surface area contributed by atoms with E-state index in [2.05, 4.69) is 5.10 Å². The number of carbonyl (C=O) groups is 2. The first kappa shape index (κ1) is 14.2. The van der Waals surface area contributed by atoms with Crippen molar-refractivity contribution in [3.63, 3.8) is 0 Å². The Kier molecular flexibility index (Phi) is 4.88. The lowest BCUT2D eigenvalue weighted by Gasteiger charge is -2.23. The normalized spacial score (nSPS) is 12.2. The van der Waals surface area contributed by atoms with Gasteiger partial charge >= 0.3 is 5.97 Å². The third-order valence-corrected chi connectivity index (χ3v) is 2.80. The largest absolute Gasteiger partial charge is 0.480 e. The predicted octanol–water partition coefficient (Wildman–Crippen LogP) is 0.847. The molecule has 0 aliphatic heterocycles. The number of carboxylic acids is 1. The maximum absolute atomic E-state index is 12.2. The number of carbonyl (C=O) groups excluding carboxylic acids is 1. The van der Waals surface area contributed by atoms with Crippen LogP contribution in [0.3, 0.4) is 0 Å². The van der Waals surface area contributed by atoms with Gasteiger partial charge < -0.3 is 10.0 Å². The van der Waals surface area contributed by atoms with Gasteiger partial charge in [0.2, 0.25) is 5.91 Å². The van der Waals surface area contributed by atoms with Gasteiger partial charge in [0.15, 0.2) is 0 Å². The molecule has 0 spiro atoms. The highest BCUT2D eigenvalue weighted by Crippen LogP contribution is 2.17. The van der Waals surface area contributed by atoms with E-state index >= 15 is 0 Å². The predicted molar refractivity (Wildman–Crippen MR) is 66.1 cm³/mol. The van der Waals surface area contributed by atoms with Crippen LogP contribution in [0.25, 0.3) is 0 Å². The Morgan fingerprint density at radius 2 is 2.22 bits per heavy atom. The van der Waals surface area contributed by atoms with Gasteiger partial charge in [0.25, 0.3) is 0 Å². The number of rotatable bonds is 6. The van der Waals surface area contributed by atoms with Crippen molar-refractivity contribution in [3.8, 4) is 0 Å². The molecule has 18 heavy (non-hydrogen) atoms. The number of amides is 1. The Hall–Kier alpha value is -1.85. The monoisotopic (exact) mass is 253 g/mol. The molecule has 0 saturated heterocycles. The molecule has 0 radical (unpaired) electrons. The van der Waals surface area contributed by atoms with Gasteiger partial charge in [0.05, 0.1) is 11.6 Å². The Morgan fingerprint density at radius 1 is 1.56 bits per heavy atom. The van der Waals surface area contributed by atoms with Crippen LogP contribution in [-0.2, 0) is 16.6 Å². The van der Waals surface area contributed by atoms with Crippen LogP contribution in [0.1, 0.15) is 31.9 Å². The zero-order valence-corrected chi connectivity index (χ0v) is 11.0. The maximum Gasteiger partial charge on any atom is 0.323 e. The molecule has 0 aromatic carbocycles. The average Bonchev–Trinajstić information content (AvgIpc) is 2.72. The first-order valence-electron chi connectivity index (χ1n) is 5.95. The fraction of sp³-hybridized carbons (Fsp3) is 0.583. The second kappa shape index (κ2) is 6.18. The SMILES string of the molecule is CCCN(CC(=O)O)C(=O)C(C)c1ccnn1C. The highest BCUT2D eigenvalue weighted by molar-refractivity contribution is 5.86. The minimum absolute atomic E-state index is 0.178. The summed E-state index contributed by atoms with van der Waals surface area (Å²) in [5, 5.41) is 12.8. The molecule has 6 nitrogen and oxygen atoms in total. The molecule has 0 aliphatic rings. The fourth-order valence-corrected chi connectivity index (χ4v) is 1.91. The van der Waals surface area contributed by atoms with Crippen molar-refractivity contribution in [2.75, 3.05) is 13.1 Å². The Morgan fingerprint density at radius 3 is 2.67 bits per heavy atom. The van der Waals surface area contributed by atoms with Crippen molar-refractivity contribution in [3.05, 3.63) is 18.0 Å². The van der Waals surface area contributed by atoms with E-state index < -0.39 is 5.97 Å². The molecule has 1 aromatic rings. The highest BCUT2D eigenvalue weighted by atomic mass is 16.4. The number of hydrogen-bond acceptors (Lipinski definition) is 3. The van der Waals surface area contributed by atoms with E-state index in [-0.39, 0.29) is 18.4 Å². The Labute approximate surface area is 106 Å². The van der Waals surface area contributed by atoms with Crippen LogP contribution in [0.15, 0.2) is 12.3 Å². The standard InChI is InChI=1S/C12H19N3O3/c1-4-7-15(8-11(16)17)12(18)9(2)10-5-6-13-14(10)3/h5-6,9H,4,7-8H2,1-3H3,(H,16,17). The zero-order valence-electron chi connectivity index (χ0n) is 11.0. The van der Waals surface area contributed by atoms with Crippen LogP contribution >= 0.6 is 0 Å². The van der Waals surface area contributed by atoms with Crippen LogP contribution in [0, 0.1) is 0 Å². The van der Waals surface area contributed by atoms with Crippen LogP contribution < -0.4 is 0 Å². The number of aromatic nitrogens is 2. The zero-order chi connectivity index (χ0) is 13.7. The highest BCUT2D eigenvalue weighted by Gasteiger charge is 2.24. The molecule has 0 fully saturated rings. The van der Waals surface area contributed by atoms with E-state index in [0.717, 1.165) is 12.1 Å². The summed E-state index contributed by atoms with van der Waals surface area (Å²) in [4.78, 5) is 24.4. The summed E-state index contributed by atoms with van der Waals surface area (Å²) in [5.74, 6) is -1.56. The van der Waals surface area contributed by atoms with Crippen LogP contribution in [0.4, 0.5) is 0 Å². The molecule has 0 bridgehead atoms.